The molecule has 2 heterocycles. The molecule has 1 saturated carbocycles. The number of amides is 2. The van der Waals surface area contributed by atoms with Crippen molar-refractivity contribution < 1.29 is 27.2 Å². The van der Waals surface area contributed by atoms with E-state index in [1.54, 1.807) is 11.0 Å². The van der Waals surface area contributed by atoms with Crippen LogP contribution < -0.4 is 0 Å². The van der Waals surface area contributed by atoms with E-state index in [0.29, 0.717) is 18.7 Å². The van der Waals surface area contributed by atoms with Gasteiger partial charge in [0.1, 0.15) is 12.1 Å². The van der Waals surface area contributed by atoms with Crippen LogP contribution in [0.3, 0.4) is 0 Å². The molecule has 0 unspecified atom stereocenters. The number of piperazine rings is 1. The van der Waals surface area contributed by atoms with E-state index < -0.39 is 23.2 Å². The van der Waals surface area contributed by atoms with Crippen LogP contribution in [0.5, 0.6) is 0 Å². The van der Waals surface area contributed by atoms with E-state index in [1.165, 1.54) is 4.90 Å². The van der Waals surface area contributed by atoms with Crippen LogP contribution in [0.2, 0.25) is 5.02 Å². The minimum atomic E-state index is -4.63. The zero-order chi connectivity index (χ0) is 20.9. The van der Waals surface area contributed by atoms with Crippen LogP contribution in [0.1, 0.15) is 53.8 Å². The van der Waals surface area contributed by atoms with Crippen LogP contribution in [0.4, 0.5) is 13.2 Å². The fourth-order valence-electron chi connectivity index (χ4n) is 3.73. The SMILES string of the molecule is CCCN1CCN(C(=O)c2oc3c(C(F)(F)F)cc(C4CC4)cc3c2Cl)CC1=O. The first kappa shape index (κ1) is 20.1. The normalized spacial score (nSPS) is 18.0. The highest BCUT2D eigenvalue weighted by molar-refractivity contribution is 6.38. The molecule has 1 saturated heterocycles. The molecule has 4 rings (SSSR count). The first-order valence-electron chi connectivity index (χ1n) is 9.61. The molecule has 2 aromatic rings. The number of benzene rings is 1. The number of halogens is 4. The predicted octanol–water partition coefficient (Wildman–Crippen LogP) is 4.68. The second-order valence-electron chi connectivity index (χ2n) is 7.57. The van der Waals surface area contributed by atoms with E-state index >= 15 is 0 Å². The number of carbonyl (C=O) groups is 2. The Balaban J connectivity index is 1.70. The zero-order valence-electron chi connectivity index (χ0n) is 15.8. The topological polar surface area (TPSA) is 53.8 Å². The van der Waals surface area contributed by atoms with Crippen LogP contribution in [0.25, 0.3) is 11.0 Å². The summed E-state index contributed by atoms with van der Waals surface area (Å²) in [6.45, 7) is 3.05. The molecular weight excluding hydrogens is 409 g/mol. The van der Waals surface area contributed by atoms with Crippen molar-refractivity contribution in [2.45, 2.75) is 38.3 Å². The van der Waals surface area contributed by atoms with Crippen molar-refractivity contribution in [3.63, 3.8) is 0 Å². The van der Waals surface area contributed by atoms with Crippen LogP contribution in [-0.2, 0) is 11.0 Å². The lowest BCUT2D eigenvalue weighted by Crippen LogP contribution is -2.52. The van der Waals surface area contributed by atoms with Crippen molar-refractivity contribution in [2.24, 2.45) is 0 Å². The van der Waals surface area contributed by atoms with Crippen molar-refractivity contribution >= 4 is 34.4 Å². The Morgan fingerprint density at radius 1 is 1.28 bits per heavy atom. The summed E-state index contributed by atoms with van der Waals surface area (Å²) in [5.41, 5.74) is -0.817. The van der Waals surface area contributed by atoms with Gasteiger partial charge >= 0.3 is 6.18 Å². The number of carbonyl (C=O) groups excluding carboxylic acids is 2. The van der Waals surface area contributed by atoms with E-state index in [2.05, 4.69) is 0 Å². The van der Waals surface area contributed by atoms with Crippen LogP contribution in [-0.4, -0.2) is 47.8 Å². The third-order valence-electron chi connectivity index (χ3n) is 5.40. The van der Waals surface area contributed by atoms with Gasteiger partial charge in [0.25, 0.3) is 5.91 Å². The number of nitrogens with zero attached hydrogens (tertiary/aromatic N) is 2. The van der Waals surface area contributed by atoms with Gasteiger partial charge in [-0.1, -0.05) is 18.5 Å². The van der Waals surface area contributed by atoms with Crippen LogP contribution >= 0.6 is 11.6 Å². The van der Waals surface area contributed by atoms with E-state index in [0.717, 1.165) is 25.3 Å². The number of fused-ring (bicyclic) bond motifs is 1. The molecule has 156 valence electrons. The largest absolute Gasteiger partial charge is 0.449 e. The molecule has 2 fully saturated rings. The Morgan fingerprint density at radius 3 is 2.59 bits per heavy atom. The Labute approximate surface area is 170 Å². The van der Waals surface area contributed by atoms with Gasteiger partial charge in [0.2, 0.25) is 11.7 Å². The van der Waals surface area contributed by atoms with Gasteiger partial charge in [-0.05, 0) is 42.9 Å². The summed E-state index contributed by atoms with van der Waals surface area (Å²) in [5, 5.41) is -0.0517. The monoisotopic (exact) mass is 428 g/mol. The smallest absolute Gasteiger partial charge is 0.420 e. The van der Waals surface area contributed by atoms with Gasteiger partial charge < -0.3 is 14.2 Å². The Morgan fingerprint density at radius 2 is 2.00 bits per heavy atom. The lowest BCUT2D eigenvalue weighted by molar-refractivity contribution is -0.137. The summed E-state index contributed by atoms with van der Waals surface area (Å²) in [5.74, 6) is -1.14. The molecule has 1 aromatic carbocycles. The van der Waals surface area contributed by atoms with E-state index in [9.17, 15) is 22.8 Å². The highest BCUT2D eigenvalue weighted by atomic mass is 35.5. The maximum absolute atomic E-state index is 13.6. The highest BCUT2D eigenvalue weighted by Crippen LogP contribution is 2.46. The fraction of sp³-hybridized carbons (Fsp3) is 0.500. The summed E-state index contributed by atoms with van der Waals surface area (Å²) in [7, 11) is 0. The molecule has 0 radical (unpaired) electrons. The first-order chi connectivity index (χ1) is 13.7. The molecule has 9 heteroatoms. The number of furan rings is 1. The molecule has 0 bridgehead atoms. The van der Waals surface area contributed by atoms with Gasteiger partial charge in [0.15, 0.2) is 0 Å². The molecule has 2 amide bonds. The van der Waals surface area contributed by atoms with Crippen molar-refractivity contribution in [3.8, 4) is 0 Å². The van der Waals surface area contributed by atoms with Crippen LogP contribution in [0, 0.1) is 0 Å². The van der Waals surface area contributed by atoms with Gasteiger partial charge in [-0.3, -0.25) is 9.59 Å². The standard InChI is InChI=1S/C20H20ClF3N2O3/c1-2-5-25-6-7-26(10-15(25)27)19(28)18-16(21)13-8-12(11-3-4-11)9-14(17(13)29-18)20(22,23)24/h8-9,11H,2-7,10H2,1H3. The van der Waals surface area contributed by atoms with Crippen molar-refractivity contribution in [1.29, 1.82) is 0 Å². The molecule has 0 spiro atoms. The quantitative estimate of drug-likeness (QED) is 0.710. The summed E-state index contributed by atoms with van der Waals surface area (Å²) < 4.78 is 46.2. The average Bonchev–Trinajstić information content (AvgIpc) is 3.46. The number of alkyl halides is 3. The molecule has 2 aliphatic rings. The minimum Gasteiger partial charge on any atom is -0.449 e. The van der Waals surface area contributed by atoms with Gasteiger partial charge in [0, 0.05) is 25.0 Å². The Kier molecular flexibility index (Phi) is 5.01. The second kappa shape index (κ2) is 7.23. The van der Waals surface area contributed by atoms with Gasteiger partial charge in [-0.15, -0.1) is 0 Å². The van der Waals surface area contributed by atoms with Crippen molar-refractivity contribution in [1.82, 2.24) is 9.80 Å². The Hall–Kier alpha value is -2.22. The summed E-state index contributed by atoms with van der Waals surface area (Å²) in [4.78, 5) is 28.0. The molecule has 1 aliphatic carbocycles. The molecule has 1 aliphatic heterocycles. The summed E-state index contributed by atoms with van der Waals surface area (Å²) in [6.07, 6.45) is -2.17. The third kappa shape index (κ3) is 3.70. The van der Waals surface area contributed by atoms with E-state index in [-0.39, 0.29) is 41.1 Å². The molecule has 5 nitrogen and oxygen atoms in total. The lowest BCUT2D eigenvalue weighted by atomic mass is 10.0. The molecule has 0 atom stereocenters. The van der Waals surface area contributed by atoms with Gasteiger partial charge in [-0.25, -0.2) is 0 Å². The maximum Gasteiger partial charge on any atom is 0.420 e. The number of hydrogen-bond donors (Lipinski definition) is 0. The lowest BCUT2D eigenvalue weighted by Gasteiger charge is -2.33. The van der Waals surface area contributed by atoms with Crippen molar-refractivity contribution in [3.05, 3.63) is 34.0 Å². The zero-order valence-corrected chi connectivity index (χ0v) is 16.6. The number of rotatable bonds is 4. The fourth-order valence-corrected chi connectivity index (χ4v) is 3.99. The average molecular weight is 429 g/mol. The highest BCUT2D eigenvalue weighted by Gasteiger charge is 2.39. The first-order valence-corrected chi connectivity index (χ1v) is 9.98. The second-order valence-corrected chi connectivity index (χ2v) is 7.95. The van der Waals surface area contributed by atoms with Gasteiger partial charge in [0.05, 0.1) is 10.6 Å². The van der Waals surface area contributed by atoms with E-state index in [1.807, 2.05) is 6.92 Å². The van der Waals surface area contributed by atoms with Crippen LogP contribution in [0.15, 0.2) is 16.5 Å². The predicted molar refractivity (Wildman–Crippen MR) is 101 cm³/mol. The third-order valence-corrected chi connectivity index (χ3v) is 5.77. The number of hydrogen-bond acceptors (Lipinski definition) is 3. The van der Waals surface area contributed by atoms with Crippen molar-refractivity contribution in [2.75, 3.05) is 26.2 Å². The molecule has 0 N–H and O–H groups in total. The summed E-state index contributed by atoms with van der Waals surface area (Å²) >= 11 is 6.30. The molecule has 1 aromatic heterocycles. The van der Waals surface area contributed by atoms with Gasteiger partial charge in [-0.2, -0.15) is 13.2 Å². The Bertz CT molecular complexity index is 981. The molecule has 29 heavy (non-hydrogen) atoms. The maximum atomic E-state index is 13.6. The minimum absolute atomic E-state index is 0.0786. The van der Waals surface area contributed by atoms with E-state index in [4.69, 9.17) is 16.0 Å². The molecular formula is C20H20ClF3N2O3. The summed E-state index contributed by atoms with van der Waals surface area (Å²) in [6, 6.07) is 2.66.